The number of imide groups is 1. The fraction of sp³-hybridized carbons (Fsp3) is 0.333. The first-order valence-electron chi connectivity index (χ1n) is 10.7. The van der Waals surface area contributed by atoms with Crippen molar-refractivity contribution >= 4 is 22.8 Å². The van der Waals surface area contributed by atoms with Gasteiger partial charge in [-0.05, 0) is 48.6 Å². The lowest BCUT2D eigenvalue weighted by atomic mass is 9.87. The normalized spacial score (nSPS) is 18.8. The first kappa shape index (κ1) is 19.8. The summed E-state index contributed by atoms with van der Waals surface area (Å²) in [6, 6.07) is 14.1. The molecule has 31 heavy (non-hydrogen) atoms. The molecule has 1 spiro atoms. The van der Waals surface area contributed by atoms with E-state index in [4.69, 9.17) is 0 Å². The molecule has 3 amide bonds. The molecule has 6 nitrogen and oxygen atoms in total. The topological polar surface area (TPSA) is 68.4 Å². The van der Waals surface area contributed by atoms with E-state index in [1.54, 1.807) is 12.1 Å². The summed E-state index contributed by atoms with van der Waals surface area (Å²) in [7, 11) is 0. The van der Waals surface area contributed by atoms with Crippen molar-refractivity contribution in [2.24, 2.45) is 0 Å². The number of piperidine rings is 1. The SMILES string of the molecule is O=C1NC2(CCN(CCc3c[nH]c4ccc(F)cc34)CC2)C(=O)N1Cc1ccccc1. The molecular formula is C24H25FN4O2. The highest BCUT2D eigenvalue weighted by Crippen LogP contribution is 2.30. The number of fused-ring (bicyclic) bond motifs is 1. The predicted octanol–water partition coefficient (Wildman–Crippen LogP) is 3.44. The number of carbonyl (C=O) groups excluding carboxylic acids is 2. The molecule has 0 bridgehead atoms. The second kappa shape index (κ2) is 7.81. The molecule has 2 aliphatic heterocycles. The highest BCUT2D eigenvalue weighted by atomic mass is 19.1. The molecular weight excluding hydrogens is 395 g/mol. The van der Waals surface area contributed by atoms with E-state index < -0.39 is 5.54 Å². The number of carbonyl (C=O) groups is 2. The van der Waals surface area contributed by atoms with Gasteiger partial charge in [0, 0.05) is 36.7 Å². The second-order valence-corrected chi connectivity index (χ2v) is 8.48. The number of aromatic nitrogens is 1. The molecule has 0 aliphatic carbocycles. The van der Waals surface area contributed by atoms with Crippen LogP contribution in [0.1, 0.15) is 24.0 Å². The quantitative estimate of drug-likeness (QED) is 0.622. The van der Waals surface area contributed by atoms with E-state index in [2.05, 4.69) is 15.2 Å². The van der Waals surface area contributed by atoms with Gasteiger partial charge in [-0.2, -0.15) is 0 Å². The summed E-state index contributed by atoms with van der Waals surface area (Å²) in [5, 5.41) is 3.89. The number of aromatic amines is 1. The van der Waals surface area contributed by atoms with Crippen LogP contribution in [0.4, 0.5) is 9.18 Å². The lowest BCUT2D eigenvalue weighted by Gasteiger charge is -2.37. The third-order valence-corrected chi connectivity index (χ3v) is 6.57. The van der Waals surface area contributed by atoms with Crippen LogP contribution >= 0.6 is 0 Å². The molecule has 0 saturated carbocycles. The Kier molecular flexibility index (Phi) is 4.98. The summed E-state index contributed by atoms with van der Waals surface area (Å²) in [4.78, 5) is 32.5. The van der Waals surface area contributed by atoms with Crippen LogP contribution < -0.4 is 5.32 Å². The van der Waals surface area contributed by atoms with Crippen molar-refractivity contribution in [3.63, 3.8) is 0 Å². The van der Waals surface area contributed by atoms with Gasteiger partial charge in [-0.3, -0.25) is 9.69 Å². The summed E-state index contributed by atoms with van der Waals surface area (Å²) in [5.41, 5.74) is 2.18. The molecule has 1 aromatic heterocycles. The zero-order valence-electron chi connectivity index (χ0n) is 17.2. The van der Waals surface area contributed by atoms with Crippen molar-refractivity contribution in [2.75, 3.05) is 19.6 Å². The number of amides is 3. The van der Waals surface area contributed by atoms with Gasteiger partial charge >= 0.3 is 6.03 Å². The van der Waals surface area contributed by atoms with E-state index in [1.165, 1.54) is 11.0 Å². The van der Waals surface area contributed by atoms with E-state index >= 15 is 0 Å². The lowest BCUT2D eigenvalue weighted by molar-refractivity contribution is -0.133. The Morgan fingerprint density at radius 2 is 1.81 bits per heavy atom. The van der Waals surface area contributed by atoms with E-state index in [-0.39, 0.29) is 17.8 Å². The molecule has 2 fully saturated rings. The fourth-order valence-corrected chi connectivity index (χ4v) is 4.72. The highest BCUT2D eigenvalue weighted by molar-refractivity contribution is 6.07. The van der Waals surface area contributed by atoms with Crippen molar-refractivity contribution in [1.82, 2.24) is 20.1 Å². The number of H-pyrrole nitrogens is 1. The molecule has 3 heterocycles. The minimum absolute atomic E-state index is 0.117. The molecule has 2 aliphatic rings. The Bertz CT molecular complexity index is 1120. The molecule has 3 aromatic rings. The van der Waals surface area contributed by atoms with Crippen LogP contribution in [-0.4, -0.2) is 51.9 Å². The molecule has 0 unspecified atom stereocenters. The molecule has 0 atom stereocenters. The van der Waals surface area contributed by atoms with Gasteiger partial charge in [0.2, 0.25) is 0 Å². The average molecular weight is 420 g/mol. The van der Waals surface area contributed by atoms with Crippen LogP contribution in [0.2, 0.25) is 0 Å². The third kappa shape index (κ3) is 3.70. The number of urea groups is 1. The fourth-order valence-electron chi connectivity index (χ4n) is 4.72. The largest absolute Gasteiger partial charge is 0.361 e. The van der Waals surface area contributed by atoms with Crippen molar-refractivity contribution in [3.8, 4) is 0 Å². The summed E-state index contributed by atoms with van der Waals surface area (Å²) in [5.74, 6) is -0.350. The van der Waals surface area contributed by atoms with Gasteiger partial charge < -0.3 is 15.2 Å². The van der Waals surface area contributed by atoms with E-state index in [0.717, 1.165) is 48.1 Å². The van der Waals surface area contributed by atoms with Crippen LogP contribution in [0.25, 0.3) is 10.9 Å². The van der Waals surface area contributed by atoms with Crippen LogP contribution in [0.5, 0.6) is 0 Å². The minimum atomic E-state index is -0.785. The number of nitrogens with zero attached hydrogens (tertiary/aromatic N) is 2. The lowest BCUT2D eigenvalue weighted by Crippen LogP contribution is -2.55. The highest BCUT2D eigenvalue weighted by Gasteiger charge is 2.52. The van der Waals surface area contributed by atoms with E-state index in [0.29, 0.717) is 19.4 Å². The number of nitrogens with one attached hydrogen (secondary N) is 2. The number of likely N-dealkylation sites (tertiary alicyclic amines) is 1. The van der Waals surface area contributed by atoms with Gasteiger partial charge in [-0.15, -0.1) is 0 Å². The number of rotatable bonds is 5. The van der Waals surface area contributed by atoms with Crippen LogP contribution in [0.15, 0.2) is 54.7 Å². The Hall–Kier alpha value is -3.19. The van der Waals surface area contributed by atoms with Gasteiger partial charge in [-0.1, -0.05) is 30.3 Å². The Labute approximate surface area is 180 Å². The third-order valence-electron chi connectivity index (χ3n) is 6.57. The van der Waals surface area contributed by atoms with Crippen LogP contribution in [0, 0.1) is 5.82 Å². The summed E-state index contributed by atoms with van der Waals surface area (Å²) in [6.07, 6.45) is 3.95. The smallest absolute Gasteiger partial charge is 0.325 e. The van der Waals surface area contributed by atoms with Gasteiger partial charge in [-0.25, -0.2) is 9.18 Å². The molecule has 0 radical (unpaired) electrons. The monoisotopic (exact) mass is 420 g/mol. The average Bonchev–Trinajstić information content (AvgIpc) is 3.28. The number of benzene rings is 2. The maximum absolute atomic E-state index is 13.6. The Morgan fingerprint density at radius 3 is 2.58 bits per heavy atom. The molecule has 2 saturated heterocycles. The predicted molar refractivity (Wildman–Crippen MR) is 116 cm³/mol. The van der Waals surface area contributed by atoms with Gasteiger partial charge in [0.05, 0.1) is 6.54 Å². The first-order valence-corrected chi connectivity index (χ1v) is 10.7. The zero-order chi connectivity index (χ0) is 21.4. The minimum Gasteiger partial charge on any atom is -0.361 e. The van der Waals surface area contributed by atoms with Crippen molar-refractivity contribution in [2.45, 2.75) is 31.3 Å². The first-order chi connectivity index (χ1) is 15.0. The van der Waals surface area contributed by atoms with Gasteiger partial charge in [0.1, 0.15) is 11.4 Å². The van der Waals surface area contributed by atoms with Crippen LogP contribution in [-0.2, 0) is 17.8 Å². The standard InChI is InChI=1S/C24H25FN4O2/c25-19-6-7-21-20(14-19)18(15-26-21)8-11-28-12-9-24(10-13-28)22(30)29(23(31)27-24)16-17-4-2-1-3-5-17/h1-7,14-15,26H,8-13,16H2,(H,27,31). The molecule has 2 N–H and O–H groups in total. The van der Waals surface area contributed by atoms with Crippen molar-refractivity contribution in [1.29, 1.82) is 0 Å². The molecule has 7 heteroatoms. The second-order valence-electron chi connectivity index (χ2n) is 8.48. The van der Waals surface area contributed by atoms with Crippen LogP contribution in [0.3, 0.4) is 0 Å². The zero-order valence-corrected chi connectivity index (χ0v) is 17.2. The maximum atomic E-state index is 13.6. The molecule has 5 rings (SSSR count). The Morgan fingerprint density at radius 1 is 1.03 bits per heavy atom. The summed E-state index contributed by atoms with van der Waals surface area (Å²) < 4.78 is 13.6. The number of hydrogen-bond donors (Lipinski definition) is 2. The van der Waals surface area contributed by atoms with Gasteiger partial charge in [0.25, 0.3) is 5.91 Å². The maximum Gasteiger partial charge on any atom is 0.325 e. The van der Waals surface area contributed by atoms with Gasteiger partial charge in [0.15, 0.2) is 0 Å². The van der Waals surface area contributed by atoms with Crippen molar-refractivity contribution < 1.29 is 14.0 Å². The number of hydrogen-bond acceptors (Lipinski definition) is 3. The number of halogens is 1. The summed E-state index contributed by atoms with van der Waals surface area (Å²) in [6.45, 7) is 2.60. The van der Waals surface area contributed by atoms with Crippen molar-refractivity contribution in [3.05, 3.63) is 71.7 Å². The van der Waals surface area contributed by atoms with E-state index in [1.807, 2.05) is 36.5 Å². The Balaban J connectivity index is 1.20. The molecule has 160 valence electrons. The summed E-state index contributed by atoms with van der Waals surface area (Å²) >= 11 is 0. The van der Waals surface area contributed by atoms with E-state index in [9.17, 15) is 14.0 Å². The molecule has 2 aromatic carbocycles.